The summed E-state index contributed by atoms with van der Waals surface area (Å²) in [5.41, 5.74) is 2.87. The third-order valence-corrected chi connectivity index (χ3v) is 1.80. The van der Waals surface area contributed by atoms with Crippen LogP contribution in [0.4, 0.5) is 5.69 Å². The van der Waals surface area contributed by atoms with E-state index >= 15 is 0 Å². The zero-order valence-corrected chi connectivity index (χ0v) is 6.72. The zero-order chi connectivity index (χ0) is 7.56. The molecule has 1 aromatic rings. The third kappa shape index (κ3) is 1.22. The van der Waals surface area contributed by atoms with Gasteiger partial charge in [-0.1, -0.05) is 6.07 Å². The lowest BCUT2D eigenvalue weighted by Gasteiger charge is -2.03. The maximum Gasteiger partial charge on any atom is 0.141 e. The first-order chi connectivity index (χ1) is 4.75. The SMILES string of the molecule is NNc1c(O)cccc1Br. The number of anilines is 1. The first-order valence-corrected chi connectivity index (χ1v) is 3.49. The number of phenolic OH excluding ortho intramolecular Hbond substituents is 1. The molecule has 0 radical (unpaired) electrons. The van der Waals surface area contributed by atoms with Gasteiger partial charge in [-0.2, -0.15) is 0 Å². The molecular weight excluding hydrogens is 196 g/mol. The number of hydrogen-bond acceptors (Lipinski definition) is 3. The van der Waals surface area contributed by atoms with E-state index in [1.165, 1.54) is 0 Å². The minimum absolute atomic E-state index is 0.136. The molecule has 0 unspecified atom stereocenters. The summed E-state index contributed by atoms with van der Waals surface area (Å²) in [5.74, 6) is 5.25. The highest BCUT2D eigenvalue weighted by Gasteiger charge is 2.00. The van der Waals surface area contributed by atoms with Crippen LogP contribution in [0.5, 0.6) is 5.75 Å². The van der Waals surface area contributed by atoms with Crippen molar-refractivity contribution in [3.63, 3.8) is 0 Å². The van der Waals surface area contributed by atoms with Crippen molar-refractivity contribution in [1.29, 1.82) is 0 Å². The lowest BCUT2D eigenvalue weighted by Crippen LogP contribution is -2.07. The van der Waals surface area contributed by atoms with Crippen LogP contribution in [0.25, 0.3) is 0 Å². The molecule has 0 bridgehead atoms. The molecule has 54 valence electrons. The van der Waals surface area contributed by atoms with Gasteiger partial charge in [0.25, 0.3) is 0 Å². The van der Waals surface area contributed by atoms with Gasteiger partial charge in [-0.25, -0.2) is 0 Å². The van der Waals surface area contributed by atoms with E-state index in [4.69, 9.17) is 10.9 Å². The molecule has 0 aliphatic heterocycles. The first-order valence-electron chi connectivity index (χ1n) is 2.70. The maximum absolute atomic E-state index is 9.12. The summed E-state index contributed by atoms with van der Waals surface area (Å²) in [5, 5.41) is 9.12. The van der Waals surface area contributed by atoms with E-state index < -0.39 is 0 Å². The van der Waals surface area contributed by atoms with Crippen LogP contribution in [0, 0.1) is 0 Å². The van der Waals surface area contributed by atoms with Gasteiger partial charge >= 0.3 is 0 Å². The number of benzene rings is 1. The van der Waals surface area contributed by atoms with Crippen molar-refractivity contribution in [3.05, 3.63) is 22.7 Å². The predicted molar refractivity (Wildman–Crippen MR) is 43.6 cm³/mol. The number of halogens is 1. The molecule has 0 heterocycles. The van der Waals surface area contributed by atoms with Crippen LogP contribution < -0.4 is 11.3 Å². The Morgan fingerprint density at radius 2 is 2.20 bits per heavy atom. The van der Waals surface area contributed by atoms with Crippen molar-refractivity contribution in [3.8, 4) is 5.75 Å². The second-order valence-electron chi connectivity index (χ2n) is 1.78. The molecule has 0 atom stereocenters. The summed E-state index contributed by atoms with van der Waals surface area (Å²) >= 11 is 3.20. The van der Waals surface area contributed by atoms with Crippen molar-refractivity contribution in [2.45, 2.75) is 0 Å². The van der Waals surface area contributed by atoms with Gasteiger partial charge in [0.05, 0.1) is 0 Å². The van der Waals surface area contributed by atoms with Gasteiger partial charge < -0.3 is 10.5 Å². The summed E-state index contributed by atoms with van der Waals surface area (Å²) in [7, 11) is 0. The van der Waals surface area contributed by atoms with E-state index in [-0.39, 0.29) is 5.75 Å². The second-order valence-corrected chi connectivity index (χ2v) is 2.63. The number of phenols is 1. The quantitative estimate of drug-likeness (QED) is 0.367. The van der Waals surface area contributed by atoms with Crippen molar-refractivity contribution in [2.75, 3.05) is 5.43 Å². The number of aromatic hydroxyl groups is 1. The van der Waals surface area contributed by atoms with Gasteiger partial charge in [-0.3, -0.25) is 5.84 Å². The summed E-state index contributed by atoms with van der Waals surface area (Å²) in [4.78, 5) is 0. The Labute approximate surface area is 67.0 Å². The van der Waals surface area contributed by atoms with Gasteiger partial charge in [0.15, 0.2) is 0 Å². The minimum Gasteiger partial charge on any atom is -0.506 e. The molecule has 0 aromatic heterocycles. The fraction of sp³-hybridized carbons (Fsp3) is 0. The molecule has 0 spiro atoms. The summed E-state index contributed by atoms with van der Waals surface area (Å²) < 4.78 is 0.745. The number of hydrogen-bond donors (Lipinski definition) is 3. The van der Waals surface area contributed by atoms with E-state index in [1.807, 2.05) is 0 Å². The fourth-order valence-corrected chi connectivity index (χ4v) is 1.13. The Balaban J connectivity index is 3.17. The van der Waals surface area contributed by atoms with Crippen LogP contribution in [0.3, 0.4) is 0 Å². The summed E-state index contributed by atoms with van der Waals surface area (Å²) in [6.45, 7) is 0. The minimum atomic E-state index is 0.136. The van der Waals surface area contributed by atoms with Gasteiger partial charge in [0, 0.05) is 4.47 Å². The van der Waals surface area contributed by atoms with E-state index in [9.17, 15) is 0 Å². The van der Waals surface area contributed by atoms with Crippen molar-refractivity contribution in [2.24, 2.45) is 5.84 Å². The van der Waals surface area contributed by atoms with E-state index in [2.05, 4.69) is 21.4 Å². The molecule has 0 aliphatic rings. The molecule has 0 saturated heterocycles. The molecule has 1 rings (SSSR count). The molecule has 0 aliphatic carbocycles. The van der Waals surface area contributed by atoms with Crippen molar-refractivity contribution >= 4 is 21.6 Å². The molecule has 4 heteroatoms. The highest BCUT2D eigenvalue weighted by Crippen LogP contribution is 2.29. The Hall–Kier alpha value is -0.740. The first kappa shape index (κ1) is 7.37. The Morgan fingerprint density at radius 1 is 1.50 bits per heavy atom. The van der Waals surface area contributed by atoms with Crippen LogP contribution in [-0.4, -0.2) is 5.11 Å². The van der Waals surface area contributed by atoms with Gasteiger partial charge in [0.1, 0.15) is 11.4 Å². The highest BCUT2D eigenvalue weighted by atomic mass is 79.9. The molecule has 4 N–H and O–H groups in total. The van der Waals surface area contributed by atoms with Crippen molar-refractivity contribution in [1.82, 2.24) is 0 Å². The molecule has 0 saturated carbocycles. The van der Waals surface area contributed by atoms with Crippen LogP contribution in [0.1, 0.15) is 0 Å². The molecule has 0 fully saturated rings. The number of rotatable bonds is 1. The molecule has 10 heavy (non-hydrogen) atoms. The number of nitrogen functional groups attached to an aromatic ring is 1. The molecule has 3 nitrogen and oxygen atoms in total. The second kappa shape index (κ2) is 2.90. The Bertz CT molecular complexity index is 219. The lowest BCUT2D eigenvalue weighted by molar-refractivity contribution is 0.477. The number of para-hydroxylation sites is 1. The Kier molecular flexibility index (Phi) is 2.13. The normalized spacial score (nSPS) is 9.40. The fourth-order valence-electron chi connectivity index (χ4n) is 0.656. The highest BCUT2D eigenvalue weighted by molar-refractivity contribution is 9.10. The smallest absolute Gasteiger partial charge is 0.141 e. The lowest BCUT2D eigenvalue weighted by atomic mass is 10.3. The maximum atomic E-state index is 9.12. The van der Waals surface area contributed by atoms with Crippen molar-refractivity contribution < 1.29 is 5.11 Å². The number of nitrogens with two attached hydrogens (primary N) is 1. The van der Waals surface area contributed by atoms with E-state index in [0.29, 0.717) is 5.69 Å². The van der Waals surface area contributed by atoms with Crippen LogP contribution in [0.15, 0.2) is 22.7 Å². The van der Waals surface area contributed by atoms with Gasteiger partial charge in [-0.05, 0) is 28.1 Å². The van der Waals surface area contributed by atoms with Crippen LogP contribution >= 0.6 is 15.9 Å². The van der Waals surface area contributed by atoms with E-state index in [0.717, 1.165) is 4.47 Å². The zero-order valence-electron chi connectivity index (χ0n) is 5.13. The topological polar surface area (TPSA) is 58.3 Å². The average molecular weight is 203 g/mol. The summed E-state index contributed by atoms with van der Waals surface area (Å²) in [6.07, 6.45) is 0. The predicted octanol–water partition coefficient (Wildman–Crippen LogP) is 1.44. The largest absolute Gasteiger partial charge is 0.506 e. The van der Waals surface area contributed by atoms with Gasteiger partial charge in [-0.15, -0.1) is 0 Å². The average Bonchev–Trinajstić information content (AvgIpc) is 1.88. The molecule has 1 aromatic carbocycles. The van der Waals surface area contributed by atoms with Crippen LogP contribution in [0.2, 0.25) is 0 Å². The summed E-state index contributed by atoms with van der Waals surface area (Å²) in [6, 6.07) is 5.06. The number of nitrogens with one attached hydrogen (secondary N) is 1. The van der Waals surface area contributed by atoms with E-state index in [1.54, 1.807) is 18.2 Å². The van der Waals surface area contributed by atoms with Gasteiger partial charge in [0.2, 0.25) is 0 Å². The Morgan fingerprint density at radius 3 is 2.60 bits per heavy atom. The van der Waals surface area contributed by atoms with Crippen LogP contribution in [-0.2, 0) is 0 Å². The number of hydrazine groups is 1. The molecule has 0 amide bonds. The third-order valence-electron chi connectivity index (χ3n) is 1.14. The standard InChI is InChI=1S/C6H7BrN2O/c7-4-2-1-3-5(10)6(4)9-8/h1-3,9-10H,8H2. The monoisotopic (exact) mass is 202 g/mol. The molecular formula is C6H7BrN2O.